The molecule has 144 valence electrons. The minimum atomic E-state index is -1.12. The number of hydrogen-bond acceptors (Lipinski definition) is 6. The standard InChI is InChI=1S/C19H17ClN4O4/c20-13-5-3-12(4-6-13)17-8-16(18(27)22-10-15(26)11-25)19(28)24(23-17)14-2-1-7-21-9-14/h1-9,15,25-26H,10-11H2,(H,22,27)/t15-/m0/s1. The predicted octanol–water partition coefficient (Wildman–Crippen LogP) is 1.03. The van der Waals surface area contributed by atoms with E-state index in [1.165, 1.54) is 12.3 Å². The first-order chi connectivity index (χ1) is 13.5. The number of nitrogens with zero attached hydrogens (tertiary/aromatic N) is 3. The van der Waals surface area contributed by atoms with Crippen LogP contribution in [0, 0.1) is 0 Å². The molecule has 0 saturated carbocycles. The van der Waals surface area contributed by atoms with Gasteiger partial charge in [-0.2, -0.15) is 9.78 Å². The quantitative estimate of drug-likeness (QED) is 0.569. The summed E-state index contributed by atoms with van der Waals surface area (Å²) in [7, 11) is 0. The highest BCUT2D eigenvalue weighted by Gasteiger charge is 2.18. The summed E-state index contributed by atoms with van der Waals surface area (Å²) in [5.74, 6) is -0.687. The molecule has 0 fully saturated rings. The van der Waals surface area contributed by atoms with Crippen molar-refractivity contribution in [1.82, 2.24) is 20.1 Å². The smallest absolute Gasteiger partial charge is 0.284 e. The molecule has 2 heterocycles. The molecule has 2 aromatic heterocycles. The van der Waals surface area contributed by atoms with Crippen LogP contribution in [0.1, 0.15) is 10.4 Å². The maximum Gasteiger partial charge on any atom is 0.284 e. The number of hydrogen-bond donors (Lipinski definition) is 3. The number of carbonyl (C=O) groups is 1. The molecular formula is C19H17ClN4O4. The first-order valence-electron chi connectivity index (χ1n) is 8.37. The summed E-state index contributed by atoms with van der Waals surface area (Å²) in [6.45, 7) is -0.702. The van der Waals surface area contributed by atoms with Crippen molar-refractivity contribution in [2.24, 2.45) is 0 Å². The number of pyridine rings is 1. The first-order valence-corrected chi connectivity index (χ1v) is 8.75. The molecule has 1 atom stereocenters. The monoisotopic (exact) mass is 400 g/mol. The fraction of sp³-hybridized carbons (Fsp3) is 0.158. The van der Waals surface area contributed by atoms with Gasteiger partial charge in [-0.3, -0.25) is 14.6 Å². The van der Waals surface area contributed by atoms with Crippen LogP contribution in [0.5, 0.6) is 0 Å². The van der Waals surface area contributed by atoms with Crippen LogP contribution in [-0.4, -0.2) is 50.1 Å². The van der Waals surface area contributed by atoms with Gasteiger partial charge in [0.05, 0.1) is 30.3 Å². The summed E-state index contributed by atoms with van der Waals surface area (Å²) in [6.07, 6.45) is 1.89. The van der Waals surface area contributed by atoms with Crippen LogP contribution in [0.25, 0.3) is 16.9 Å². The van der Waals surface area contributed by atoms with Crippen LogP contribution in [0.3, 0.4) is 0 Å². The summed E-state index contributed by atoms with van der Waals surface area (Å²) in [5.41, 5.74) is 0.642. The highest BCUT2D eigenvalue weighted by Crippen LogP contribution is 2.20. The highest BCUT2D eigenvalue weighted by molar-refractivity contribution is 6.30. The Labute approximate surface area is 165 Å². The van der Waals surface area contributed by atoms with E-state index in [4.69, 9.17) is 16.7 Å². The number of halogens is 1. The van der Waals surface area contributed by atoms with E-state index in [2.05, 4.69) is 15.4 Å². The lowest BCUT2D eigenvalue weighted by atomic mass is 10.1. The van der Waals surface area contributed by atoms with Gasteiger partial charge >= 0.3 is 0 Å². The predicted molar refractivity (Wildman–Crippen MR) is 104 cm³/mol. The molecule has 0 radical (unpaired) electrons. The maximum atomic E-state index is 12.8. The molecule has 3 N–H and O–H groups in total. The molecule has 1 aromatic carbocycles. The molecule has 9 heteroatoms. The van der Waals surface area contributed by atoms with Crippen molar-refractivity contribution < 1.29 is 15.0 Å². The molecule has 1 amide bonds. The lowest BCUT2D eigenvalue weighted by Gasteiger charge is -2.12. The third-order valence-electron chi connectivity index (χ3n) is 3.90. The van der Waals surface area contributed by atoms with Gasteiger partial charge in [-0.25, -0.2) is 0 Å². The van der Waals surface area contributed by atoms with Crippen molar-refractivity contribution >= 4 is 17.5 Å². The van der Waals surface area contributed by atoms with Gasteiger partial charge in [0.15, 0.2) is 0 Å². The Morgan fingerprint density at radius 2 is 2.00 bits per heavy atom. The molecule has 0 unspecified atom stereocenters. The topological polar surface area (TPSA) is 117 Å². The fourth-order valence-electron chi connectivity index (χ4n) is 2.44. The van der Waals surface area contributed by atoms with Crippen molar-refractivity contribution in [3.05, 3.63) is 75.8 Å². The molecule has 8 nitrogen and oxygen atoms in total. The lowest BCUT2D eigenvalue weighted by Crippen LogP contribution is -2.38. The number of aliphatic hydroxyl groups is 2. The maximum absolute atomic E-state index is 12.8. The molecule has 3 rings (SSSR count). The Morgan fingerprint density at radius 3 is 2.64 bits per heavy atom. The molecule has 0 aliphatic rings. The van der Waals surface area contributed by atoms with Gasteiger partial charge in [0.2, 0.25) is 0 Å². The van der Waals surface area contributed by atoms with E-state index < -0.39 is 24.2 Å². The molecule has 0 saturated heterocycles. The molecule has 0 spiro atoms. The Hall–Kier alpha value is -3.07. The van der Waals surface area contributed by atoms with Gasteiger partial charge in [0.1, 0.15) is 5.56 Å². The molecule has 0 bridgehead atoms. The van der Waals surface area contributed by atoms with E-state index in [0.717, 1.165) is 4.68 Å². The van der Waals surface area contributed by atoms with Gasteiger partial charge in [-0.1, -0.05) is 23.7 Å². The van der Waals surface area contributed by atoms with E-state index >= 15 is 0 Å². The van der Waals surface area contributed by atoms with E-state index in [9.17, 15) is 14.7 Å². The Bertz CT molecular complexity index is 1020. The SMILES string of the molecule is O=C(NC[C@H](O)CO)c1cc(-c2ccc(Cl)cc2)nn(-c2cccnc2)c1=O. The Morgan fingerprint density at radius 1 is 1.25 bits per heavy atom. The largest absolute Gasteiger partial charge is 0.394 e. The molecule has 3 aromatic rings. The van der Waals surface area contributed by atoms with Crippen molar-refractivity contribution in [3.8, 4) is 16.9 Å². The number of aromatic nitrogens is 3. The van der Waals surface area contributed by atoms with Crippen LogP contribution < -0.4 is 10.9 Å². The van der Waals surface area contributed by atoms with Crippen molar-refractivity contribution in [2.75, 3.05) is 13.2 Å². The first kappa shape index (κ1) is 19.7. The van der Waals surface area contributed by atoms with Crippen LogP contribution in [0.15, 0.2) is 59.7 Å². The molecular weight excluding hydrogens is 384 g/mol. The number of amides is 1. The average Bonchev–Trinajstić information content (AvgIpc) is 2.73. The van der Waals surface area contributed by atoms with Crippen molar-refractivity contribution in [3.63, 3.8) is 0 Å². The van der Waals surface area contributed by atoms with Crippen LogP contribution >= 0.6 is 11.6 Å². The van der Waals surface area contributed by atoms with Gasteiger partial charge in [-0.15, -0.1) is 0 Å². The highest BCUT2D eigenvalue weighted by atomic mass is 35.5. The number of carbonyl (C=O) groups excluding carboxylic acids is 1. The Kier molecular flexibility index (Phi) is 6.15. The minimum absolute atomic E-state index is 0.158. The van der Waals surface area contributed by atoms with Crippen molar-refractivity contribution in [1.29, 1.82) is 0 Å². The summed E-state index contributed by atoms with van der Waals surface area (Å²) in [6, 6.07) is 11.5. The molecule has 28 heavy (non-hydrogen) atoms. The normalized spacial score (nSPS) is 11.8. The second kappa shape index (κ2) is 8.75. The van der Waals surface area contributed by atoms with Gasteiger partial charge in [-0.05, 0) is 30.3 Å². The minimum Gasteiger partial charge on any atom is -0.394 e. The number of benzene rings is 1. The zero-order chi connectivity index (χ0) is 20.1. The third-order valence-corrected chi connectivity index (χ3v) is 4.15. The summed E-state index contributed by atoms with van der Waals surface area (Å²) in [5, 5.41) is 25.6. The zero-order valence-electron chi connectivity index (χ0n) is 14.6. The van der Waals surface area contributed by atoms with Gasteiger partial charge < -0.3 is 15.5 Å². The van der Waals surface area contributed by atoms with Crippen LogP contribution in [-0.2, 0) is 0 Å². The van der Waals surface area contributed by atoms with Gasteiger partial charge in [0.25, 0.3) is 11.5 Å². The summed E-state index contributed by atoms with van der Waals surface area (Å²) < 4.78 is 1.09. The fourth-order valence-corrected chi connectivity index (χ4v) is 2.57. The lowest BCUT2D eigenvalue weighted by molar-refractivity contribution is 0.0800. The van der Waals surface area contributed by atoms with Gasteiger partial charge in [0, 0.05) is 23.3 Å². The van der Waals surface area contributed by atoms with E-state index in [0.29, 0.717) is 22.0 Å². The second-order valence-electron chi connectivity index (χ2n) is 5.92. The summed E-state index contributed by atoms with van der Waals surface area (Å²) in [4.78, 5) is 29.3. The van der Waals surface area contributed by atoms with E-state index in [1.54, 1.807) is 42.6 Å². The average molecular weight is 401 g/mol. The molecule has 0 aliphatic heterocycles. The second-order valence-corrected chi connectivity index (χ2v) is 6.36. The van der Waals surface area contributed by atoms with E-state index in [1.807, 2.05) is 0 Å². The number of aliphatic hydroxyl groups excluding tert-OH is 2. The van der Waals surface area contributed by atoms with Crippen LogP contribution in [0.2, 0.25) is 5.02 Å². The number of rotatable bonds is 6. The summed E-state index contributed by atoms with van der Waals surface area (Å²) >= 11 is 5.93. The third kappa shape index (κ3) is 4.42. The molecule has 0 aliphatic carbocycles. The zero-order valence-corrected chi connectivity index (χ0v) is 15.4. The number of nitrogens with one attached hydrogen (secondary N) is 1. The van der Waals surface area contributed by atoms with Crippen LogP contribution in [0.4, 0.5) is 0 Å². The Balaban J connectivity index is 2.10. The van der Waals surface area contributed by atoms with Crippen molar-refractivity contribution in [2.45, 2.75) is 6.10 Å². The van der Waals surface area contributed by atoms with E-state index in [-0.39, 0.29) is 12.1 Å².